The van der Waals surface area contributed by atoms with Gasteiger partial charge in [0.2, 0.25) is 11.8 Å². The van der Waals surface area contributed by atoms with E-state index in [1.165, 1.54) is 0 Å². The van der Waals surface area contributed by atoms with Gasteiger partial charge in [0.25, 0.3) is 0 Å². The zero-order valence-corrected chi connectivity index (χ0v) is 14.6. The molecule has 0 aromatic heterocycles. The first kappa shape index (κ1) is 18.0. The molecule has 2 amide bonds. The summed E-state index contributed by atoms with van der Waals surface area (Å²) in [4.78, 5) is 26.6. The van der Waals surface area contributed by atoms with Crippen LogP contribution in [0.5, 0.6) is 0 Å². The van der Waals surface area contributed by atoms with Crippen LogP contribution in [0.25, 0.3) is 0 Å². The van der Waals surface area contributed by atoms with Gasteiger partial charge >= 0.3 is 0 Å². The zero-order valence-electron chi connectivity index (χ0n) is 13.1. The average Bonchev–Trinajstić information content (AvgIpc) is 2.56. The highest BCUT2D eigenvalue weighted by Crippen LogP contribution is 2.27. The van der Waals surface area contributed by atoms with Crippen LogP contribution in [0.1, 0.15) is 25.7 Å². The SMILES string of the molecule is CNCCC(=O)N1CCCCC1C(=O)Nc1cc(Cl)ccc1Cl. The van der Waals surface area contributed by atoms with Crippen molar-refractivity contribution in [3.8, 4) is 0 Å². The lowest BCUT2D eigenvalue weighted by atomic mass is 10.0. The van der Waals surface area contributed by atoms with Gasteiger partial charge in [-0.1, -0.05) is 23.2 Å². The lowest BCUT2D eigenvalue weighted by Gasteiger charge is -2.35. The largest absolute Gasteiger partial charge is 0.331 e. The van der Waals surface area contributed by atoms with Crippen molar-refractivity contribution in [1.82, 2.24) is 10.2 Å². The molecule has 0 radical (unpaired) electrons. The number of piperidine rings is 1. The first-order chi connectivity index (χ1) is 11.0. The second-order valence-corrected chi connectivity index (χ2v) is 6.41. The molecule has 2 rings (SSSR count). The van der Waals surface area contributed by atoms with Gasteiger partial charge in [0.15, 0.2) is 0 Å². The molecule has 1 atom stereocenters. The molecule has 2 N–H and O–H groups in total. The van der Waals surface area contributed by atoms with Gasteiger partial charge in [0.1, 0.15) is 6.04 Å². The number of anilines is 1. The zero-order chi connectivity index (χ0) is 16.8. The summed E-state index contributed by atoms with van der Waals surface area (Å²) in [6, 6.07) is 4.45. The number of benzene rings is 1. The first-order valence-corrected chi connectivity index (χ1v) is 8.48. The van der Waals surface area contributed by atoms with E-state index in [1.54, 1.807) is 30.1 Å². The summed E-state index contributed by atoms with van der Waals surface area (Å²) in [6.45, 7) is 1.22. The van der Waals surface area contributed by atoms with E-state index in [0.717, 1.165) is 12.8 Å². The molecule has 0 saturated carbocycles. The lowest BCUT2D eigenvalue weighted by molar-refractivity contribution is -0.140. The molecule has 1 aliphatic heterocycles. The van der Waals surface area contributed by atoms with Gasteiger partial charge in [-0.05, 0) is 44.5 Å². The van der Waals surface area contributed by atoms with Gasteiger partial charge in [-0.3, -0.25) is 9.59 Å². The molecule has 0 bridgehead atoms. The van der Waals surface area contributed by atoms with E-state index >= 15 is 0 Å². The Morgan fingerprint density at radius 3 is 2.83 bits per heavy atom. The Labute approximate surface area is 146 Å². The van der Waals surface area contributed by atoms with Gasteiger partial charge in [-0.15, -0.1) is 0 Å². The van der Waals surface area contributed by atoms with Gasteiger partial charge < -0.3 is 15.5 Å². The fourth-order valence-electron chi connectivity index (χ4n) is 2.69. The number of hydrogen-bond acceptors (Lipinski definition) is 3. The summed E-state index contributed by atoms with van der Waals surface area (Å²) >= 11 is 12.0. The highest BCUT2D eigenvalue weighted by atomic mass is 35.5. The van der Waals surface area contributed by atoms with Crippen molar-refractivity contribution in [3.05, 3.63) is 28.2 Å². The maximum atomic E-state index is 12.6. The van der Waals surface area contributed by atoms with Crippen molar-refractivity contribution >= 4 is 40.7 Å². The van der Waals surface area contributed by atoms with Gasteiger partial charge in [-0.2, -0.15) is 0 Å². The molecule has 1 heterocycles. The molecule has 1 aromatic carbocycles. The molecule has 126 valence electrons. The van der Waals surface area contributed by atoms with Crippen LogP contribution >= 0.6 is 23.2 Å². The van der Waals surface area contributed by atoms with Crippen LogP contribution < -0.4 is 10.6 Å². The fourth-order valence-corrected chi connectivity index (χ4v) is 3.02. The monoisotopic (exact) mass is 357 g/mol. The Morgan fingerprint density at radius 2 is 2.09 bits per heavy atom. The van der Waals surface area contributed by atoms with E-state index in [-0.39, 0.29) is 11.8 Å². The second-order valence-electron chi connectivity index (χ2n) is 5.57. The number of carbonyl (C=O) groups is 2. The van der Waals surface area contributed by atoms with Crippen LogP contribution in [0.2, 0.25) is 10.0 Å². The minimum atomic E-state index is -0.455. The molecular formula is C16H21Cl2N3O2. The van der Waals surface area contributed by atoms with Crippen molar-refractivity contribution in [1.29, 1.82) is 0 Å². The standard InChI is InChI=1S/C16H21Cl2N3O2/c1-19-8-7-15(22)21-9-3-2-4-14(21)16(23)20-13-10-11(17)5-6-12(13)18/h5-6,10,14,19H,2-4,7-9H2,1H3,(H,20,23). The lowest BCUT2D eigenvalue weighted by Crippen LogP contribution is -2.50. The number of carbonyl (C=O) groups excluding carboxylic acids is 2. The van der Waals surface area contributed by atoms with Crippen molar-refractivity contribution < 1.29 is 9.59 Å². The highest BCUT2D eigenvalue weighted by Gasteiger charge is 2.31. The summed E-state index contributed by atoms with van der Waals surface area (Å²) in [5.74, 6) is -0.219. The number of nitrogens with zero attached hydrogens (tertiary/aromatic N) is 1. The number of rotatable bonds is 5. The molecule has 0 spiro atoms. The smallest absolute Gasteiger partial charge is 0.247 e. The Bertz CT molecular complexity index is 580. The minimum Gasteiger partial charge on any atom is -0.331 e. The first-order valence-electron chi connectivity index (χ1n) is 7.73. The maximum Gasteiger partial charge on any atom is 0.247 e. The van der Waals surface area contributed by atoms with Crippen LogP contribution in [0.3, 0.4) is 0 Å². The number of likely N-dealkylation sites (tertiary alicyclic amines) is 1. The topological polar surface area (TPSA) is 61.4 Å². The van der Waals surface area contributed by atoms with Crippen LogP contribution in [0.4, 0.5) is 5.69 Å². The van der Waals surface area contributed by atoms with E-state index in [1.807, 2.05) is 0 Å². The van der Waals surface area contributed by atoms with E-state index in [9.17, 15) is 9.59 Å². The van der Waals surface area contributed by atoms with Gasteiger partial charge in [0, 0.05) is 24.5 Å². The van der Waals surface area contributed by atoms with Crippen molar-refractivity contribution in [2.45, 2.75) is 31.7 Å². The third kappa shape index (κ3) is 4.83. The quantitative estimate of drug-likeness (QED) is 0.851. The Morgan fingerprint density at radius 1 is 1.30 bits per heavy atom. The molecule has 1 aromatic rings. The Hall–Kier alpha value is -1.30. The van der Waals surface area contributed by atoms with Crippen molar-refractivity contribution in [2.75, 3.05) is 25.5 Å². The Balaban J connectivity index is 2.08. The summed E-state index contributed by atoms with van der Waals surface area (Å²) in [6.07, 6.45) is 2.90. The number of amides is 2. The Kier molecular flexibility index (Phi) is 6.69. The number of nitrogens with one attached hydrogen (secondary N) is 2. The highest BCUT2D eigenvalue weighted by molar-refractivity contribution is 6.35. The van der Waals surface area contributed by atoms with E-state index < -0.39 is 6.04 Å². The van der Waals surface area contributed by atoms with E-state index in [4.69, 9.17) is 23.2 Å². The molecule has 1 saturated heterocycles. The number of halogens is 2. The molecule has 1 fully saturated rings. The minimum absolute atomic E-state index is 0.00334. The normalized spacial score (nSPS) is 17.9. The third-order valence-corrected chi connectivity index (χ3v) is 4.47. The van der Waals surface area contributed by atoms with E-state index in [2.05, 4.69) is 10.6 Å². The van der Waals surface area contributed by atoms with E-state index in [0.29, 0.717) is 41.7 Å². The second kappa shape index (κ2) is 8.52. The van der Waals surface area contributed by atoms with Gasteiger partial charge in [0.05, 0.1) is 10.7 Å². The molecule has 0 aliphatic carbocycles. The maximum absolute atomic E-state index is 12.6. The third-order valence-electron chi connectivity index (χ3n) is 3.90. The molecular weight excluding hydrogens is 337 g/mol. The summed E-state index contributed by atoms with van der Waals surface area (Å²) in [7, 11) is 1.80. The molecule has 1 unspecified atom stereocenters. The summed E-state index contributed by atoms with van der Waals surface area (Å²) < 4.78 is 0. The molecule has 1 aliphatic rings. The fraction of sp³-hybridized carbons (Fsp3) is 0.500. The average molecular weight is 358 g/mol. The van der Waals surface area contributed by atoms with Crippen molar-refractivity contribution in [2.24, 2.45) is 0 Å². The van der Waals surface area contributed by atoms with Crippen LogP contribution in [-0.2, 0) is 9.59 Å². The summed E-state index contributed by atoms with van der Waals surface area (Å²) in [5, 5.41) is 6.67. The molecule has 7 heteroatoms. The summed E-state index contributed by atoms with van der Waals surface area (Å²) in [5.41, 5.74) is 0.470. The van der Waals surface area contributed by atoms with Crippen molar-refractivity contribution in [3.63, 3.8) is 0 Å². The predicted octanol–water partition coefficient (Wildman–Crippen LogP) is 2.92. The van der Waals surface area contributed by atoms with Crippen LogP contribution in [0.15, 0.2) is 18.2 Å². The number of hydrogen-bond donors (Lipinski definition) is 2. The van der Waals surface area contributed by atoms with Crippen LogP contribution in [-0.4, -0.2) is 42.9 Å². The predicted molar refractivity (Wildman–Crippen MR) is 93.0 cm³/mol. The molecule has 5 nitrogen and oxygen atoms in total. The molecule has 23 heavy (non-hydrogen) atoms. The van der Waals surface area contributed by atoms with Crippen LogP contribution in [0, 0.1) is 0 Å². The van der Waals surface area contributed by atoms with Gasteiger partial charge in [-0.25, -0.2) is 0 Å².